The first-order valence-corrected chi connectivity index (χ1v) is 8.40. The quantitative estimate of drug-likeness (QED) is 0.909. The van der Waals surface area contributed by atoms with Crippen LogP contribution in [0.2, 0.25) is 0 Å². The molecule has 0 aromatic heterocycles. The summed E-state index contributed by atoms with van der Waals surface area (Å²) in [5, 5.41) is 2.92. The summed E-state index contributed by atoms with van der Waals surface area (Å²) >= 11 is 0. The molecule has 22 heavy (non-hydrogen) atoms. The Hall–Kier alpha value is -1.84. The van der Waals surface area contributed by atoms with E-state index in [0.717, 1.165) is 12.1 Å². The maximum Gasteiger partial charge on any atom is 0.249 e. The molecule has 1 atom stereocenters. The van der Waals surface area contributed by atoms with Gasteiger partial charge in [-0.25, -0.2) is 0 Å². The number of carbonyl (C=O) groups is 2. The number of carbonyl (C=O) groups excluding carboxylic acids is 2. The van der Waals surface area contributed by atoms with Crippen molar-refractivity contribution >= 4 is 17.5 Å². The maximum atomic E-state index is 12.4. The van der Waals surface area contributed by atoms with Crippen LogP contribution in [0, 0.1) is 5.92 Å². The van der Waals surface area contributed by atoms with Crippen LogP contribution in [0.4, 0.5) is 5.69 Å². The fraction of sp³-hybridized carbons (Fsp3) is 0.556. The molecule has 1 saturated carbocycles. The van der Waals surface area contributed by atoms with Gasteiger partial charge in [0.1, 0.15) is 6.04 Å². The minimum Gasteiger partial charge on any atom is -0.344 e. The predicted molar refractivity (Wildman–Crippen MR) is 86.5 cm³/mol. The van der Waals surface area contributed by atoms with Gasteiger partial charge in [0.2, 0.25) is 11.8 Å². The van der Waals surface area contributed by atoms with Crippen LogP contribution < -0.4 is 10.2 Å². The molecule has 1 saturated heterocycles. The molecule has 1 aromatic carbocycles. The largest absolute Gasteiger partial charge is 0.344 e. The Labute approximate surface area is 131 Å². The zero-order valence-corrected chi connectivity index (χ0v) is 13.0. The fourth-order valence-corrected chi connectivity index (χ4v) is 3.58. The van der Waals surface area contributed by atoms with Gasteiger partial charge in [-0.1, -0.05) is 43.9 Å². The maximum absolute atomic E-state index is 12.4. The first kappa shape index (κ1) is 15.1. The van der Waals surface area contributed by atoms with Crippen LogP contribution in [0.25, 0.3) is 0 Å². The van der Waals surface area contributed by atoms with Crippen LogP contribution in [-0.2, 0) is 9.59 Å². The fourth-order valence-electron chi connectivity index (χ4n) is 3.58. The van der Waals surface area contributed by atoms with Gasteiger partial charge in [-0.3, -0.25) is 9.59 Å². The van der Waals surface area contributed by atoms with Crippen molar-refractivity contribution in [3.8, 4) is 0 Å². The van der Waals surface area contributed by atoms with Gasteiger partial charge in [-0.2, -0.15) is 0 Å². The molecule has 3 rings (SSSR count). The highest BCUT2D eigenvalue weighted by Crippen LogP contribution is 2.28. The lowest BCUT2D eigenvalue weighted by Gasteiger charge is -2.17. The second-order valence-corrected chi connectivity index (χ2v) is 6.42. The number of amides is 2. The molecule has 118 valence electrons. The van der Waals surface area contributed by atoms with Gasteiger partial charge in [-0.15, -0.1) is 0 Å². The van der Waals surface area contributed by atoms with E-state index in [0.29, 0.717) is 25.3 Å². The summed E-state index contributed by atoms with van der Waals surface area (Å²) in [6.07, 6.45) is 7.35. The summed E-state index contributed by atoms with van der Waals surface area (Å²) in [6, 6.07) is 9.31. The van der Waals surface area contributed by atoms with Crippen molar-refractivity contribution in [1.82, 2.24) is 5.32 Å². The average Bonchev–Trinajstić information content (AvgIpc) is 3.17. The zero-order valence-electron chi connectivity index (χ0n) is 13.0. The lowest BCUT2D eigenvalue weighted by Crippen LogP contribution is -2.41. The van der Waals surface area contributed by atoms with Crippen LogP contribution in [0.5, 0.6) is 0 Å². The van der Waals surface area contributed by atoms with Crippen molar-refractivity contribution < 1.29 is 9.59 Å². The SMILES string of the molecule is O=C(CCC1CCCC1)NC1CCN(c2ccccc2)C1=O. The highest BCUT2D eigenvalue weighted by atomic mass is 16.2. The van der Waals surface area contributed by atoms with E-state index in [4.69, 9.17) is 0 Å². The third kappa shape index (κ3) is 3.49. The van der Waals surface area contributed by atoms with Crippen LogP contribution >= 0.6 is 0 Å². The van der Waals surface area contributed by atoms with E-state index in [9.17, 15) is 9.59 Å². The van der Waals surface area contributed by atoms with Crippen LogP contribution in [0.1, 0.15) is 44.9 Å². The first-order valence-electron chi connectivity index (χ1n) is 8.40. The number of para-hydroxylation sites is 1. The zero-order chi connectivity index (χ0) is 15.4. The molecule has 2 amide bonds. The van der Waals surface area contributed by atoms with Gasteiger partial charge < -0.3 is 10.2 Å². The molecule has 4 heteroatoms. The molecule has 1 unspecified atom stereocenters. The highest BCUT2D eigenvalue weighted by Gasteiger charge is 2.33. The van der Waals surface area contributed by atoms with E-state index in [2.05, 4.69) is 5.32 Å². The minimum absolute atomic E-state index is 0.0143. The Morgan fingerprint density at radius 2 is 1.86 bits per heavy atom. The molecule has 0 spiro atoms. The lowest BCUT2D eigenvalue weighted by atomic mass is 10.0. The van der Waals surface area contributed by atoms with Gasteiger partial charge in [0.05, 0.1) is 0 Å². The Bertz CT molecular complexity index is 523. The normalized spacial score (nSPS) is 22.3. The van der Waals surface area contributed by atoms with E-state index < -0.39 is 0 Å². The molecular formula is C18H24N2O2. The summed E-state index contributed by atoms with van der Waals surface area (Å²) in [7, 11) is 0. The van der Waals surface area contributed by atoms with Crippen molar-refractivity contribution in [2.45, 2.75) is 51.0 Å². The molecule has 0 bridgehead atoms. The van der Waals surface area contributed by atoms with Crippen molar-refractivity contribution in [2.75, 3.05) is 11.4 Å². The number of hydrogen-bond donors (Lipinski definition) is 1. The number of anilines is 1. The topological polar surface area (TPSA) is 49.4 Å². The smallest absolute Gasteiger partial charge is 0.249 e. The molecule has 2 aliphatic rings. The van der Waals surface area contributed by atoms with Crippen molar-refractivity contribution in [1.29, 1.82) is 0 Å². The van der Waals surface area contributed by atoms with E-state index in [1.54, 1.807) is 4.90 Å². The summed E-state index contributed by atoms with van der Waals surface area (Å²) in [5.41, 5.74) is 0.912. The van der Waals surface area contributed by atoms with Crippen molar-refractivity contribution in [3.05, 3.63) is 30.3 Å². The Morgan fingerprint density at radius 3 is 2.59 bits per heavy atom. The number of benzene rings is 1. The van der Waals surface area contributed by atoms with Crippen LogP contribution in [0.15, 0.2) is 30.3 Å². The van der Waals surface area contributed by atoms with E-state index in [1.807, 2.05) is 30.3 Å². The van der Waals surface area contributed by atoms with E-state index >= 15 is 0 Å². The number of nitrogens with zero attached hydrogens (tertiary/aromatic N) is 1. The summed E-state index contributed by atoms with van der Waals surface area (Å²) in [4.78, 5) is 26.2. The standard InChI is InChI=1S/C18H24N2O2/c21-17(11-10-14-6-4-5-7-14)19-16-12-13-20(18(16)22)15-8-2-1-3-9-15/h1-3,8-9,14,16H,4-7,10-13H2,(H,19,21). The van der Waals surface area contributed by atoms with E-state index in [1.165, 1.54) is 25.7 Å². The molecule has 1 aliphatic carbocycles. The lowest BCUT2D eigenvalue weighted by molar-refractivity contribution is -0.126. The van der Waals surface area contributed by atoms with Gasteiger partial charge in [0.25, 0.3) is 0 Å². The van der Waals surface area contributed by atoms with Gasteiger partial charge in [0, 0.05) is 18.7 Å². The second-order valence-electron chi connectivity index (χ2n) is 6.42. The third-order valence-corrected chi connectivity index (χ3v) is 4.86. The molecule has 1 aromatic rings. The predicted octanol–water partition coefficient (Wildman–Crippen LogP) is 2.88. The van der Waals surface area contributed by atoms with Crippen molar-refractivity contribution in [2.24, 2.45) is 5.92 Å². The average molecular weight is 300 g/mol. The first-order chi connectivity index (χ1) is 10.7. The Morgan fingerprint density at radius 1 is 1.14 bits per heavy atom. The summed E-state index contributed by atoms with van der Waals surface area (Å²) in [5.74, 6) is 0.756. The molecule has 1 aliphatic heterocycles. The number of rotatable bonds is 5. The Kier molecular flexibility index (Phi) is 4.76. The third-order valence-electron chi connectivity index (χ3n) is 4.86. The molecule has 2 fully saturated rings. The Balaban J connectivity index is 1.49. The number of hydrogen-bond acceptors (Lipinski definition) is 2. The highest BCUT2D eigenvalue weighted by molar-refractivity contribution is 6.01. The molecule has 1 N–H and O–H groups in total. The monoisotopic (exact) mass is 300 g/mol. The molecule has 1 heterocycles. The van der Waals surface area contributed by atoms with Crippen molar-refractivity contribution in [3.63, 3.8) is 0 Å². The van der Waals surface area contributed by atoms with Gasteiger partial charge >= 0.3 is 0 Å². The van der Waals surface area contributed by atoms with Crippen LogP contribution in [0.3, 0.4) is 0 Å². The molecular weight excluding hydrogens is 276 g/mol. The van der Waals surface area contributed by atoms with E-state index in [-0.39, 0.29) is 17.9 Å². The van der Waals surface area contributed by atoms with Gasteiger partial charge in [-0.05, 0) is 30.9 Å². The molecule has 0 radical (unpaired) electrons. The number of nitrogens with one attached hydrogen (secondary N) is 1. The van der Waals surface area contributed by atoms with Gasteiger partial charge in [0.15, 0.2) is 0 Å². The van der Waals surface area contributed by atoms with Crippen LogP contribution in [-0.4, -0.2) is 24.4 Å². The minimum atomic E-state index is -0.351. The molecule has 4 nitrogen and oxygen atoms in total. The second kappa shape index (κ2) is 6.95. The summed E-state index contributed by atoms with van der Waals surface area (Å²) < 4.78 is 0. The summed E-state index contributed by atoms with van der Waals surface area (Å²) in [6.45, 7) is 0.677.